The van der Waals surface area contributed by atoms with Gasteiger partial charge in [0.05, 0.1) is 10.7 Å². The molecule has 2 aromatic rings. The first-order chi connectivity index (χ1) is 12.5. The van der Waals surface area contributed by atoms with Gasteiger partial charge >= 0.3 is 0 Å². The summed E-state index contributed by atoms with van der Waals surface area (Å²) in [6, 6.07) is 13.3. The van der Waals surface area contributed by atoms with Crippen LogP contribution >= 0.6 is 11.8 Å². The van der Waals surface area contributed by atoms with Crippen LogP contribution in [-0.4, -0.2) is 52.8 Å². The van der Waals surface area contributed by atoms with E-state index in [1.807, 2.05) is 17.0 Å². The largest absolute Gasteiger partial charge is 0.508 e. The Morgan fingerprint density at radius 1 is 1.04 bits per heavy atom. The fourth-order valence-corrected chi connectivity index (χ4v) is 3.58. The molecule has 0 aromatic heterocycles. The van der Waals surface area contributed by atoms with Gasteiger partial charge < -0.3 is 14.9 Å². The molecule has 0 radical (unpaired) electrons. The van der Waals surface area contributed by atoms with Crippen molar-refractivity contribution in [1.29, 1.82) is 0 Å². The summed E-state index contributed by atoms with van der Waals surface area (Å²) in [4.78, 5) is 27.5. The molecule has 1 fully saturated rings. The molecular formula is C18H19N3O4S. The molecule has 0 saturated carbocycles. The van der Waals surface area contributed by atoms with Gasteiger partial charge in [0, 0.05) is 48.9 Å². The number of nitro benzene ring substituents is 1. The van der Waals surface area contributed by atoms with Crippen molar-refractivity contribution in [3.8, 4) is 5.75 Å². The molecule has 3 rings (SSSR count). The van der Waals surface area contributed by atoms with Crippen molar-refractivity contribution in [1.82, 2.24) is 4.90 Å². The summed E-state index contributed by atoms with van der Waals surface area (Å²) in [5.41, 5.74) is 1.08. The standard InChI is InChI=1S/C18H19N3O4S/c22-16-5-1-14(2-6-16)19-9-11-20(12-10-19)18(23)13-26-17-7-3-15(4-8-17)21(24)25/h1-8,22H,9-13H2. The normalized spacial score (nSPS) is 14.3. The van der Waals surface area contributed by atoms with Crippen LogP contribution < -0.4 is 4.90 Å². The molecule has 8 heteroatoms. The van der Waals surface area contributed by atoms with Crippen LogP contribution in [-0.2, 0) is 4.79 Å². The zero-order chi connectivity index (χ0) is 18.5. The number of rotatable bonds is 5. The van der Waals surface area contributed by atoms with Crippen molar-refractivity contribution >= 4 is 29.0 Å². The molecular weight excluding hydrogens is 354 g/mol. The summed E-state index contributed by atoms with van der Waals surface area (Å²) in [5.74, 6) is 0.626. The van der Waals surface area contributed by atoms with Gasteiger partial charge in [0.25, 0.3) is 5.69 Å². The SMILES string of the molecule is O=C(CSc1ccc([N+](=O)[O-])cc1)N1CCN(c2ccc(O)cc2)CC1. The number of nitro groups is 1. The fraction of sp³-hybridized carbons (Fsp3) is 0.278. The van der Waals surface area contributed by atoms with E-state index >= 15 is 0 Å². The highest BCUT2D eigenvalue weighted by Crippen LogP contribution is 2.23. The second-order valence-corrected chi connectivity index (χ2v) is 6.97. The average Bonchev–Trinajstić information content (AvgIpc) is 2.67. The molecule has 0 unspecified atom stereocenters. The van der Waals surface area contributed by atoms with Gasteiger partial charge in [-0.3, -0.25) is 14.9 Å². The summed E-state index contributed by atoms with van der Waals surface area (Å²) in [6.45, 7) is 2.80. The van der Waals surface area contributed by atoms with Gasteiger partial charge in [0.1, 0.15) is 5.75 Å². The second-order valence-electron chi connectivity index (χ2n) is 5.92. The van der Waals surface area contributed by atoms with Crippen LogP contribution in [0.25, 0.3) is 0 Å². The number of non-ortho nitro benzene ring substituents is 1. The number of aromatic hydroxyl groups is 1. The van der Waals surface area contributed by atoms with Gasteiger partial charge in [-0.25, -0.2) is 0 Å². The number of anilines is 1. The quantitative estimate of drug-likeness (QED) is 0.493. The molecule has 0 bridgehead atoms. The number of phenols is 1. The van der Waals surface area contributed by atoms with Gasteiger partial charge in [-0.05, 0) is 36.4 Å². The molecule has 1 saturated heterocycles. The highest BCUT2D eigenvalue weighted by molar-refractivity contribution is 8.00. The molecule has 0 atom stereocenters. The molecule has 2 aromatic carbocycles. The Bertz CT molecular complexity index is 772. The lowest BCUT2D eigenvalue weighted by molar-refractivity contribution is -0.384. The highest BCUT2D eigenvalue weighted by atomic mass is 32.2. The number of hydrogen-bond acceptors (Lipinski definition) is 6. The Kier molecular flexibility index (Phi) is 5.62. The van der Waals surface area contributed by atoms with Crippen molar-refractivity contribution < 1.29 is 14.8 Å². The van der Waals surface area contributed by atoms with E-state index in [-0.39, 0.29) is 17.3 Å². The number of amides is 1. The van der Waals surface area contributed by atoms with Crippen LogP contribution in [0.5, 0.6) is 5.75 Å². The van der Waals surface area contributed by atoms with Crippen molar-refractivity contribution in [3.05, 3.63) is 58.6 Å². The molecule has 7 nitrogen and oxygen atoms in total. The fourth-order valence-electron chi connectivity index (χ4n) is 2.78. The van der Waals surface area contributed by atoms with E-state index in [0.717, 1.165) is 23.7 Å². The third-order valence-electron chi connectivity index (χ3n) is 4.26. The second kappa shape index (κ2) is 8.09. The maximum atomic E-state index is 12.4. The molecule has 0 spiro atoms. The minimum absolute atomic E-state index is 0.0472. The monoisotopic (exact) mass is 373 g/mol. The lowest BCUT2D eigenvalue weighted by Crippen LogP contribution is -2.49. The molecule has 1 amide bonds. The van der Waals surface area contributed by atoms with Crippen molar-refractivity contribution in [2.45, 2.75) is 4.90 Å². The van der Waals surface area contributed by atoms with Crippen molar-refractivity contribution in [2.75, 3.05) is 36.8 Å². The highest BCUT2D eigenvalue weighted by Gasteiger charge is 2.21. The number of carbonyl (C=O) groups excluding carboxylic acids is 1. The van der Waals surface area contributed by atoms with Gasteiger partial charge in [-0.1, -0.05) is 0 Å². The number of benzene rings is 2. The molecule has 1 aliphatic heterocycles. The van der Waals surface area contributed by atoms with Crippen LogP contribution in [0.2, 0.25) is 0 Å². The minimum Gasteiger partial charge on any atom is -0.508 e. The first kappa shape index (κ1) is 18.1. The molecule has 136 valence electrons. The smallest absolute Gasteiger partial charge is 0.269 e. The Balaban J connectivity index is 1.47. The van der Waals surface area contributed by atoms with Crippen LogP contribution in [0.1, 0.15) is 0 Å². The third kappa shape index (κ3) is 4.45. The zero-order valence-electron chi connectivity index (χ0n) is 14.1. The summed E-state index contributed by atoms with van der Waals surface area (Å²) in [7, 11) is 0. The summed E-state index contributed by atoms with van der Waals surface area (Å²) in [5, 5.41) is 20.0. The maximum Gasteiger partial charge on any atom is 0.269 e. The summed E-state index contributed by atoms with van der Waals surface area (Å²) < 4.78 is 0. The van der Waals surface area contributed by atoms with E-state index in [0.29, 0.717) is 18.8 Å². The molecule has 26 heavy (non-hydrogen) atoms. The number of carbonyl (C=O) groups is 1. The first-order valence-corrected chi connectivity index (χ1v) is 9.20. The van der Waals surface area contributed by atoms with E-state index in [9.17, 15) is 20.0 Å². The van der Waals surface area contributed by atoms with E-state index in [1.54, 1.807) is 24.3 Å². The Labute approximate surface area is 155 Å². The first-order valence-electron chi connectivity index (χ1n) is 8.22. The summed E-state index contributed by atoms with van der Waals surface area (Å²) in [6.07, 6.45) is 0. The van der Waals surface area contributed by atoms with Gasteiger partial charge in [-0.15, -0.1) is 11.8 Å². The van der Waals surface area contributed by atoms with Crippen molar-refractivity contribution in [2.24, 2.45) is 0 Å². The summed E-state index contributed by atoms with van der Waals surface area (Å²) >= 11 is 1.39. The van der Waals surface area contributed by atoms with Crippen LogP contribution in [0.4, 0.5) is 11.4 Å². The zero-order valence-corrected chi connectivity index (χ0v) is 14.9. The van der Waals surface area contributed by atoms with E-state index in [4.69, 9.17) is 0 Å². The third-order valence-corrected chi connectivity index (χ3v) is 5.25. The number of thioether (sulfide) groups is 1. The average molecular weight is 373 g/mol. The van der Waals surface area contributed by atoms with Gasteiger partial charge in [-0.2, -0.15) is 0 Å². The molecule has 1 heterocycles. The van der Waals surface area contributed by atoms with E-state index < -0.39 is 4.92 Å². The minimum atomic E-state index is -0.437. The lowest BCUT2D eigenvalue weighted by atomic mass is 10.2. The number of piperazine rings is 1. The van der Waals surface area contributed by atoms with E-state index in [1.165, 1.54) is 23.9 Å². The Morgan fingerprint density at radius 3 is 2.23 bits per heavy atom. The number of nitrogens with zero attached hydrogens (tertiary/aromatic N) is 3. The molecule has 1 aliphatic rings. The van der Waals surface area contributed by atoms with Crippen LogP contribution in [0.15, 0.2) is 53.4 Å². The topological polar surface area (TPSA) is 86.9 Å². The lowest BCUT2D eigenvalue weighted by Gasteiger charge is -2.36. The van der Waals surface area contributed by atoms with Gasteiger partial charge in [0.15, 0.2) is 0 Å². The number of phenolic OH excluding ortho intramolecular Hbond substituents is 1. The Hall–Kier alpha value is -2.74. The van der Waals surface area contributed by atoms with E-state index in [2.05, 4.69) is 4.90 Å². The van der Waals surface area contributed by atoms with Crippen LogP contribution in [0.3, 0.4) is 0 Å². The maximum absolute atomic E-state index is 12.4. The predicted octanol–water partition coefficient (Wildman–Crippen LogP) is 2.74. The molecule has 0 aliphatic carbocycles. The van der Waals surface area contributed by atoms with Crippen molar-refractivity contribution in [3.63, 3.8) is 0 Å². The molecule has 1 N–H and O–H groups in total. The predicted molar refractivity (Wildman–Crippen MR) is 101 cm³/mol. The Morgan fingerprint density at radius 2 is 1.65 bits per heavy atom. The van der Waals surface area contributed by atoms with Gasteiger partial charge in [0.2, 0.25) is 5.91 Å². The van der Waals surface area contributed by atoms with Crippen LogP contribution in [0, 0.1) is 10.1 Å². The number of hydrogen-bond donors (Lipinski definition) is 1.